The van der Waals surface area contributed by atoms with Gasteiger partial charge in [-0.2, -0.15) is 0 Å². The number of nitrogens with one attached hydrogen (secondary N) is 1. The van der Waals surface area contributed by atoms with E-state index in [0.29, 0.717) is 12.7 Å². The highest BCUT2D eigenvalue weighted by atomic mass is 32.1. The summed E-state index contributed by atoms with van der Waals surface area (Å²) in [6.45, 7) is 4.60. The third kappa shape index (κ3) is 3.42. The number of pyridine rings is 1. The smallest absolute Gasteiger partial charge is 0.141 e. The standard InChI is InChI=1S/C20H23N5OS/c1-2-14(10-21-6-1)12-26-15-4-8-25(9-5-15)19-18-16-3-7-22-11-17(16)27-20(18)24-13-23-19/h1-2,6,10,13,15,22H,3-5,7-9,11-12H2. The molecule has 7 heteroatoms. The number of thiophene rings is 1. The first-order valence-corrected chi connectivity index (χ1v) is 10.4. The van der Waals surface area contributed by atoms with Crippen molar-refractivity contribution in [2.24, 2.45) is 0 Å². The fourth-order valence-corrected chi connectivity index (χ4v) is 5.17. The van der Waals surface area contributed by atoms with Crippen LogP contribution in [0.4, 0.5) is 5.82 Å². The molecule has 3 aromatic rings. The van der Waals surface area contributed by atoms with E-state index in [4.69, 9.17) is 4.74 Å². The Kier molecular flexibility index (Phi) is 4.73. The van der Waals surface area contributed by atoms with Crippen molar-refractivity contribution in [1.82, 2.24) is 20.3 Å². The third-order valence-electron chi connectivity index (χ3n) is 5.44. The summed E-state index contributed by atoms with van der Waals surface area (Å²) < 4.78 is 6.11. The van der Waals surface area contributed by atoms with E-state index >= 15 is 0 Å². The molecule has 140 valence electrons. The van der Waals surface area contributed by atoms with Gasteiger partial charge in [-0.3, -0.25) is 4.98 Å². The summed E-state index contributed by atoms with van der Waals surface area (Å²) in [4.78, 5) is 18.3. The first-order valence-electron chi connectivity index (χ1n) is 9.60. The highest BCUT2D eigenvalue weighted by Gasteiger charge is 2.26. The van der Waals surface area contributed by atoms with Gasteiger partial charge in [0.1, 0.15) is 17.0 Å². The maximum Gasteiger partial charge on any atom is 0.141 e. The minimum Gasteiger partial charge on any atom is -0.373 e. The van der Waals surface area contributed by atoms with Gasteiger partial charge in [0.25, 0.3) is 0 Å². The quantitative estimate of drug-likeness (QED) is 0.750. The molecule has 0 spiro atoms. The highest BCUT2D eigenvalue weighted by molar-refractivity contribution is 7.19. The zero-order chi connectivity index (χ0) is 18.1. The van der Waals surface area contributed by atoms with E-state index in [0.717, 1.165) is 61.7 Å². The lowest BCUT2D eigenvalue weighted by atomic mass is 10.0. The van der Waals surface area contributed by atoms with Crippen LogP contribution < -0.4 is 10.2 Å². The molecule has 0 atom stereocenters. The summed E-state index contributed by atoms with van der Waals surface area (Å²) in [7, 11) is 0. The first kappa shape index (κ1) is 17.0. The van der Waals surface area contributed by atoms with Gasteiger partial charge < -0.3 is 15.0 Å². The second-order valence-electron chi connectivity index (χ2n) is 7.17. The molecule has 5 heterocycles. The molecule has 0 unspecified atom stereocenters. The van der Waals surface area contributed by atoms with Gasteiger partial charge in [-0.1, -0.05) is 6.07 Å². The maximum absolute atomic E-state index is 6.11. The molecular weight excluding hydrogens is 358 g/mol. The van der Waals surface area contributed by atoms with Crippen molar-refractivity contribution < 1.29 is 4.74 Å². The molecule has 0 saturated carbocycles. The van der Waals surface area contributed by atoms with Crippen LogP contribution in [0.15, 0.2) is 30.9 Å². The molecule has 0 radical (unpaired) electrons. The van der Waals surface area contributed by atoms with Gasteiger partial charge >= 0.3 is 0 Å². The number of ether oxygens (including phenoxy) is 1. The van der Waals surface area contributed by atoms with Crippen molar-refractivity contribution in [1.29, 1.82) is 0 Å². The van der Waals surface area contributed by atoms with Crippen LogP contribution >= 0.6 is 11.3 Å². The molecule has 0 aromatic carbocycles. The Labute approximate surface area is 162 Å². The summed E-state index contributed by atoms with van der Waals surface area (Å²) in [5.74, 6) is 1.12. The topological polar surface area (TPSA) is 63.2 Å². The number of fused-ring (bicyclic) bond motifs is 3. The van der Waals surface area contributed by atoms with Crippen LogP contribution in [0.3, 0.4) is 0 Å². The van der Waals surface area contributed by atoms with Crippen molar-refractivity contribution in [2.75, 3.05) is 24.5 Å². The summed E-state index contributed by atoms with van der Waals surface area (Å²) in [6.07, 6.45) is 8.82. The van der Waals surface area contributed by atoms with Crippen molar-refractivity contribution in [3.63, 3.8) is 0 Å². The van der Waals surface area contributed by atoms with Crippen LogP contribution in [0, 0.1) is 0 Å². The lowest BCUT2D eigenvalue weighted by molar-refractivity contribution is 0.0249. The lowest BCUT2D eigenvalue weighted by Gasteiger charge is -2.33. The van der Waals surface area contributed by atoms with Gasteiger partial charge in [0.05, 0.1) is 18.1 Å². The molecule has 3 aromatic heterocycles. The van der Waals surface area contributed by atoms with Gasteiger partial charge in [0, 0.05) is 36.9 Å². The van der Waals surface area contributed by atoms with Gasteiger partial charge in [0.2, 0.25) is 0 Å². The second-order valence-corrected chi connectivity index (χ2v) is 8.25. The molecule has 0 bridgehead atoms. The Bertz CT molecular complexity index is 921. The number of aromatic nitrogens is 3. The van der Waals surface area contributed by atoms with Crippen LogP contribution in [0.1, 0.15) is 28.8 Å². The Morgan fingerprint density at radius 3 is 3.04 bits per heavy atom. The van der Waals surface area contributed by atoms with Crippen LogP contribution in [-0.2, 0) is 24.3 Å². The molecular formula is C20H23N5OS. The largest absolute Gasteiger partial charge is 0.373 e. The molecule has 2 aliphatic rings. The van der Waals surface area contributed by atoms with Crippen molar-refractivity contribution in [2.45, 2.75) is 38.5 Å². The van der Waals surface area contributed by atoms with Crippen LogP contribution in [0.25, 0.3) is 10.2 Å². The SMILES string of the molecule is c1cncc(COC2CCN(c3ncnc4sc5c(c34)CCNC5)CC2)c1. The predicted octanol–water partition coefficient (Wildman–Crippen LogP) is 2.92. The summed E-state index contributed by atoms with van der Waals surface area (Å²) >= 11 is 1.81. The van der Waals surface area contributed by atoms with E-state index in [9.17, 15) is 0 Å². The Morgan fingerprint density at radius 2 is 2.19 bits per heavy atom. The minimum absolute atomic E-state index is 0.305. The molecule has 1 saturated heterocycles. The molecule has 1 N–H and O–H groups in total. The molecule has 6 nitrogen and oxygen atoms in total. The molecule has 0 aliphatic carbocycles. The molecule has 5 rings (SSSR count). The second kappa shape index (κ2) is 7.50. The molecule has 2 aliphatic heterocycles. The average molecular weight is 382 g/mol. The number of anilines is 1. The predicted molar refractivity (Wildman–Crippen MR) is 107 cm³/mol. The van der Waals surface area contributed by atoms with E-state index in [2.05, 4.69) is 31.2 Å². The minimum atomic E-state index is 0.305. The van der Waals surface area contributed by atoms with Crippen molar-refractivity contribution in [3.05, 3.63) is 46.9 Å². The van der Waals surface area contributed by atoms with E-state index in [1.54, 1.807) is 12.5 Å². The van der Waals surface area contributed by atoms with E-state index in [-0.39, 0.29) is 0 Å². The fourth-order valence-electron chi connectivity index (χ4n) is 4.01. The van der Waals surface area contributed by atoms with Crippen molar-refractivity contribution >= 4 is 27.4 Å². The number of hydrogen-bond acceptors (Lipinski definition) is 7. The van der Waals surface area contributed by atoms with Gasteiger partial charge in [-0.05, 0) is 43.0 Å². The number of piperidine rings is 1. The first-order chi connectivity index (χ1) is 13.4. The Morgan fingerprint density at radius 1 is 1.26 bits per heavy atom. The maximum atomic E-state index is 6.11. The number of rotatable bonds is 4. The average Bonchev–Trinajstić information content (AvgIpc) is 3.12. The van der Waals surface area contributed by atoms with E-state index in [1.165, 1.54) is 15.8 Å². The normalized spacial score (nSPS) is 18.0. The van der Waals surface area contributed by atoms with Crippen LogP contribution in [0.5, 0.6) is 0 Å². The van der Waals surface area contributed by atoms with E-state index < -0.39 is 0 Å². The summed E-state index contributed by atoms with van der Waals surface area (Å²) in [5.41, 5.74) is 2.59. The molecule has 1 fully saturated rings. The van der Waals surface area contributed by atoms with Gasteiger partial charge in [0.15, 0.2) is 0 Å². The molecule has 0 amide bonds. The highest BCUT2D eigenvalue weighted by Crippen LogP contribution is 2.37. The zero-order valence-corrected chi connectivity index (χ0v) is 16.0. The van der Waals surface area contributed by atoms with Crippen molar-refractivity contribution in [3.8, 4) is 0 Å². The Hall–Kier alpha value is -2.09. The number of nitrogens with zero attached hydrogens (tertiary/aromatic N) is 4. The summed E-state index contributed by atoms with van der Waals surface area (Å²) in [6, 6.07) is 4.02. The fraction of sp³-hybridized carbons (Fsp3) is 0.450. The van der Waals surface area contributed by atoms with Crippen LogP contribution in [0.2, 0.25) is 0 Å². The lowest BCUT2D eigenvalue weighted by Crippen LogP contribution is -2.37. The van der Waals surface area contributed by atoms with E-state index in [1.807, 2.05) is 23.6 Å². The summed E-state index contributed by atoms with van der Waals surface area (Å²) in [5, 5.41) is 4.75. The van der Waals surface area contributed by atoms with Crippen LogP contribution in [-0.4, -0.2) is 40.7 Å². The zero-order valence-electron chi connectivity index (χ0n) is 15.2. The van der Waals surface area contributed by atoms with Gasteiger partial charge in [-0.15, -0.1) is 11.3 Å². The molecule has 27 heavy (non-hydrogen) atoms. The van der Waals surface area contributed by atoms with Gasteiger partial charge in [-0.25, -0.2) is 9.97 Å². The monoisotopic (exact) mass is 381 g/mol. The Balaban J connectivity index is 1.29. The number of hydrogen-bond donors (Lipinski definition) is 1. The third-order valence-corrected chi connectivity index (χ3v) is 6.58.